The van der Waals surface area contributed by atoms with Crippen molar-refractivity contribution in [2.75, 3.05) is 20.8 Å². The van der Waals surface area contributed by atoms with Crippen molar-refractivity contribution in [3.63, 3.8) is 0 Å². The Bertz CT molecular complexity index is 386. The van der Waals surface area contributed by atoms with Crippen LogP contribution in [0.3, 0.4) is 0 Å². The van der Waals surface area contributed by atoms with Gasteiger partial charge in [0.1, 0.15) is 5.75 Å². The van der Waals surface area contributed by atoms with E-state index in [1.165, 1.54) is 5.56 Å². The molecule has 1 aromatic carbocycles. The summed E-state index contributed by atoms with van der Waals surface area (Å²) in [6, 6.07) is 6.45. The van der Waals surface area contributed by atoms with Gasteiger partial charge in [0.15, 0.2) is 0 Å². The van der Waals surface area contributed by atoms with Gasteiger partial charge in [0, 0.05) is 24.1 Å². The molecule has 0 aliphatic heterocycles. The summed E-state index contributed by atoms with van der Waals surface area (Å²) in [6.45, 7) is 6.65. The topological polar surface area (TPSA) is 41.5 Å². The Morgan fingerprint density at radius 1 is 1.32 bits per heavy atom. The third-order valence-electron chi connectivity index (χ3n) is 3.80. The van der Waals surface area contributed by atoms with Gasteiger partial charge in [-0.15, -0.1) is 0 Å². The maximum atomic E-state index is 9.55. The van der Waals surface area contributed by atoms with E-state index in [4.69, 9.17) is 4.74 Å². The number of nitrogens with one attached hydrogen (secondary N) is 1. The minimum absolute atomic E-state index is 0.114. The van der Waals surface area contributed by atoms with Gasteiger partial charge in [-0.05, 0) is 31.0 Å². The van der Waals surface area contributed by atoms with Crippen molar-refractivity contribution in [1.29, 1.82) is 0 Å². The molecule has 0 saturated carbocycles. The number of methoxy groups -OCH3 is 1. The van der Waals surface area contributed by atoms with E-state index in [1.807, 2.05) is 13.1 Å². The zero-order valence-electron chi connectivity index (χ0n) is 12.7. The molecule has 0 amide bonds. The van der Waals surface area contributed by atoms with Crippen LogP contribution in [0.4, 0.5) is 0 Å². The Balaban J connectivity index is 3.22. The van der Waals surface area contributed by atoms with E-state index < -0.39 is 0 Å². The molecule has 0 aromatic heterocycles. The van der Waals surface area contributed by atoms with E-state index >= 15 is 0 Å². The van der Waals surface area contributed by atoms with Gasteiger partial charge >= 0.3 is 0 Å². The van der Waals surface area contributed by atoms with Crippen molar-refractivity contribution in [2.24, 2.45) is 5.92 Å². The summed E-state index contributed by atoms with van der Waals surface area (Å²) in [5.41, 5.74) is 2.43. The number of ether oxygens (including phenoxy) is 1. The summed E-state index contributed by atoms with van der Waals surface area (Å²) in [6.07, 6.45) is 0.928. The molecule has 1 aromatic rings. The number of aliphatic hydroxyl groups is 1. The average molecular weight is 265 g/mol. The number of rotatable bonds is 7. The first-order valence-electron chi connectivity index (χ1n) is 7.04. The summed E-state index contributed by atoms with van der Waals surface area (Å²) in [5.74, 6) is 1.56. The molecule has 19 heavy (non-hydrogen) atoms. The van der Waals surface area contributed by atoms with Crippen LogP contribution in [0, 0.1) is 5.92 Å². The molecule has 0 aliphatic carbocycles. The first-order chi connectivity index (χ1) is 9.08. The molecule has 108 valence electrons. The van der Waals surface area contributed by atoms with Gasteiger partial charge in [-0.1, -0.05) is 32.9 Å². The van der Waals surface area contributed by atoms with E-state index in [-0.39, 0.29) is 18.6 Å². The van der Waals surface area contributed by atoms with Gasteiger partial charge in [-0.25, -0.2) is 0 Å². The lowest BCUT2D eigenvalue weighted by Gasteiger charge is -2.27. The van der Waals surface area contributed by atoms with Crippen LogP contribution in [-0.2, 0) is 0 Å². The van der Waals surface area contributed by atoms with Crippen LogP contribution in [0.25, 0.3) is 0 Å². The zero-order valence-corrected chi connectivity index (χ0v) is 12.7. The number of hydrogen-bond donors (Lipinski definition) is 2. The third kappa shape index (κ3) is 3.71. The largest absolute Gasteiger partial charge is 0.496 e. The standard InChI is InChI=1S/C16H27NO2/c1-6-12(10-18)16(17-4)14-9-13(11(2)3)7-8-15(14)19-5/h7-9,11-12,16-18H,6,10H2,1-5H3. The van der Waals surface area contributed by atoms with E-state index in [0.29, 0.717) is 5.92 Å². The van der Waals surface area contributed by atoms with E-state index in [2.05, 4.69) is 38.2 Å². The highest BCUT2D eigenvalue weighted by atomic mass is 16.5. The van der Waals surface area contributed by atoms with Gasteiger partial charge in [-0.2, -0.15) is 0 Å². The van der Waals surface area contributed by atoms with Gasteiger partial charge < -0.3 is 15.2 Å². The maximum absolute atomic E-state index is 9.55. The van der Waals surface area contributed by atoms with Crippen LogP contribution in [0.15, 0.2) is 18.2 Å². The van der Waals surface area contributed by atoms with E-state index in [9.17, 15) is 5.11 Å². The zero-order chi connectivity index (χ0) is 14.4. The van der Waals surface area contributed by atoms with Gasteiger partial charge in [0.25, 0.3) is 0 Å². The SMILES string of the molecule is CCC(CO)C(NC)c1cc(C(C)C)ccc1OC. The minimum atomic E-state index is 0.114. The van der Waals surface area contributed by atoms with Crippen LogP contribution in [0.5, 0.6) is 5.75 Å². The van der Waals surface area contributed by atoms with Crippen molar-refractivity contribution in [3.8, 4) is 5.75 Å². The number of hydrogen-bond acceptors (Lipinski definition) is 3. The van der Waals surface area contributed by atoms with Crippen molar-refractivity contribution in [3.05, 3.63) is 29.3 Å². The fraction of sp³-hybridized carbons (Fsp3) is 0.625. The minimum Gasteiger partial charge on any atom is -0.496 e. The molecule has 3 nitrogen and oxygen atoms in total. The van der Waals surface area contributed by atoms with Crippen LogP contribution in [0.2, 0.25) is 0 Å². The van der Waals surface area contributed by atoms with E-state index in [1.54, 1.807) is 7.11 Å². The molecular weight excluding hydrogens is 238 g/mol. The maximum Gasteiger partial charge on any atom is 0.123 e. The summed E-state index contributed by atoms with van der Waals surface area (Å²) in [5, 5.41) is 12.9. The summed E-state index contributed by atoms with van der Waals surface area (Å²) in [7, 11) is 3.63. The Morgan fingerprint density at radius 2 is 2.00 bits per heavy atom. The lowest BCUT2D eigenvalue weighted by atomic mass is 9.88. The first-order valence-corrected chi connectivity index (χ1v) is 7.04. The normalized spacial score (nSPS) is 14.5. The van der Waals surface area contributed by atoms with Crippen molar-refractivity contribution < 1.29 is 9.84 Å². The smallest absolute Gasteiger partial charge is 0.123 e. The second kappa shape index (κ2) is 7.51. The molecule has 0 fully saturated rings. The predicted molar refractivity (Wildman–Crippen MR) is 79.8 cm³/mol. The molecule has 0 saturated heterocycles. The summed E-state index contributed by atoms with van der Waals surface area (Å²) >= 11 is 0. The molecule has 0 aliphatic rings. The monoisotopic (exact) mass is 265 g/mol. The third-order valence-corrected chi connectivity index (χ3v) is 3.80. The molecule has 2 unspecified atom stereocenters. The average Bonchev–Trinajstić information content (AvgIpc) is 2.43. The Morgan fingerprint density at radius 3 is 2.42 bits per heavy atom. The summed E-state index contributed by atoms with van der Waals surface area (Å²) < 4.78 is 5.48. The van der Waals surface area contributed by atoms with Crippen molar-refractivity contribution in [1.82, 2.24) is 5.32 Å². The van der Waals surface area contributed by atoms with Gasteiger partial charge in [-0.3, -0.25) is 0 Å². The van der Waals surface area contributed by atoms with Crippen LogP contribution >= 0.6 is 0 Å². The first kappa shape index (κ1) is 16.0. The number of aliphatic hydroxyl groups excluding tert-OH is 1. The van der Waals surface area contributed by atoms with Gasteiger partial charge in [0.2, 0.25) is 0 Å². The highest BCUT2D eigenvalue weighted by Crippen LogP contribution is 2.33. The highest BCUT2D eigenvalue weighted by molar-refractivity contribution is 5.40. The molecular formula is C16H27NO2. The molecule has 0 heterocycles. The van der Waals surface area contributed by atoms with Crippen LogP contribution < -0.4 is 10.1 Å². The molecule has 3 heteroatoms. The molecule has 1 rings (SSSR count). The Hall–Kier alpha value is -1.06. The molecule has 0 spiro atoms. The van der Waals surface area contributed by atoms with Gasteiger partial charge in [0.05, 0.1) is 7.11 Å². The lowest BCUT2D eigenvalue weighted by Crippen LogP contribution is -2.27. The van der Waals surface area contributed by atoms with Crippen LogP contribution in [-0.4, -0.2) is 25.9 Å². The van der Waals surface area contributed by atoms with Crippen LogP contribution in [0.1, 0.15) is 50.3 Å². The fourth-order valence-corrected chi connectivity index (χ4v) is 2.47. The van der Waals surface area contributed by atoms with Crippen molar-refractivity contribution in [2.45, 2.75) is 39.2 Å². The number of benzene rings is 1. The van der Waals surface area contributed by atoms with E-state index in [0.717, 1.165) is 17.7 Å². The molecule has 0 radical (unpaired) electrons. The molecule has 2 atom stereocenters. The Labute approximate surface area is 117 Å². The Kier molecular flexibility index (Phi) is 6.32. The second-order valence-electron chi connectivity index (χ2n) is 5.27. The predicted octanol–water partition coefficient (Wildman–Crippen LogP) is 3.10. The van der Waals surface area contributed by atoms with Crippen molar-refractivity contribution >= 4 is 0 Å². The second-order valence-corrected chi connectivity index (χ2v) is 5.27. The lowest BCUT2D eigenvalue weighted by molar-refractivity contribution is 0.187. The highest BCUT2D eigenvalue weighted by Gasteiger charge is 2.23. The fourth-order valence-electron chi connectivity index (χ4n) is 2.47. The summed E-state index contributed by atoms with van der Waals surface area (Å²) in [4.78, 5) is 0. The molecule has 2 N–H and O–H groups in total. The quantitative estimate of drug-likeness (QED) is 0.796. The molecule has 0 bridgehead atoms.